The number of H-pyrrole nitrogens is 1. The SMILES string of the molecule is O=c1nccc(NC2O[C@@H](CO)[C@H](O)[C@H]2O)[nH]1. The Hall–Kier alpha value is -1.48. The molecule has 1 unspecified atom stereocenters. The molecular weight excluding hydrogens is 230 g/mol. The van der Waals surface area contributed by atoms with E-state index in [1.807, 2.05) is 0 Å². The number of aromatic amines is 1. The van der Waals surface area contributed by atoms with Crippen molar-refractivity contribution in [3.05, 3.63) is 22.7 Å². The van der Waals surface area contributed by atoms with Crippen LogP contribution in [-0.2, 0) is 4.74 Å². The molecule has 94 valence electrons. The van der Waals surface area contributed by atoms with Gasteiger partial charge in [0.05, 0.1) is 6.61 Å². The van der Waals surface area contributed by atoms with Crippen LogP contribution in [0.4, 0.5) is 5.82 Å². The van der Waals surface area contributed by atoms with E-state index in [9.17, 15) is 15.0 Å². The third-order valence-corrected chi connectivity index (χ3v) is 2.51. The fourth-order valence-electron chi connectivity index (χ4n) is 1.62. The summed E-state index contributed by atoms with van der Waals surface area (Å²) in [5.41, 5.74) is -0.540. The van der Waals surface area contributed by atoms with Crippen molar-refractivity contribution in [2.75, 3.05) is 11.9 Å². The van der Waals surface area contributed by atoms with Gasteiger partial charge in [-0.05, 0) is 6.07 Å². The van der Waals surface area contributed by atoms with Gasteiger partial charge < -0.3 is 25.4 Å². The third-order valence-electron chi connectivity index (χ3n) is 2.51. The average Bonchev–Trinajstić information content (AvgIpc) is 2.57. The van der Waals surface area contributed by atoms with Crippen LogP contribution in [0, 0.1) is 0 Å². The Morgan fingerprint density at radius 3 is 2.82 bits per heavy atom. The highest BCUT2D eigenvalue weighted by Crippen LogP contribution is 2.21. The molecule has 0 aromatic carbocycles. The number of aromatic nitrogens is 2. The van der Waals surface area contributed by atoms with Crippen molar-refractivity contribution in [2.45, 2.75) is 24.5 Å². The second-order valence-electron chi connectivity index (χ2n) is 3.69. The second kappa shape index (κ2) is 4.80. The molecule has 0 spiro atoms. The van der Waals surface area contributed by atoms with E-state index in [4.69, 9.17) is 9.84 Å². The molecule has 8 heteroatoms. The number of nitrogens with one attached hydrogen (secondary N) is 2. The molecule has 0 saturated carbocycles. The molecule has 1 fully saturated rings. The summed E-state index contributed by atoms with van der Waals surface area (Å²) in [6, 6.07) is 1.48. The Labute approximate surface area is 95.9 Å². The fraction of sp³-hybridized carbons (Fsp3) is 0.556. The summed E-state index contributed by atoms with van der Waals surface area (Å²) in [5, 5.41) is 30.7. The number of nitrogens with zero attached hydrogens (tertiary/aromatic N) is 1. The number of ether oxygens (including phenoxy) is 1. The zero-order valence-electron chi connectivity index (χ0n) is 8.78. The van der Waals surface area contributed by atoms with Crippen molar-refractivity contribution >= 4 is 5.82 Å². The summed E-state index contributed by atoms with van der Waals surface area (Å²) in [5.74, 6) is 0.305. The van der Waals surface area contributed by atoms with Gasteiger partial charge in [-0.3, -0.25) is 4.98 Å². The molecule has 5 N–H and O–H groups in total. The van der Waals surface area contributed by atoms with Crippen LogP contribution in [-0.4, -0.2) is 56.4 Å². The molecule has 2 heterocycles. The monoisotopic (exact) mass is 243 g/mol. The van der Waals surface area contributed by atoms with Crippen LogP contribution in [0.25, 0.3) is 0 Å². The molecule has 1 saturated heterocycles. The molecule has 0 radical (unpaired) electrons. The number of rotatable bonds is 3. The molecule has 0 aliphatic carbocycles. The standard InChI is InChI=1S/C9H13N3O5/c13-3-4-6(14)7(15)8(17-4)11-5-1-2-10-9(16)12-5/h1-2,4,6-8,13-15H,3H2,(H2,10,11,12,16)/t4-,6-,7+,8?/m0/s1. The van der Waals surface area contributed by atoms with Crippen molar-refractivity contribution in [1.29, 1.82) is 0 Å². The van der Waals surface area contributed by atoms with E-state index in [2.05, 4.69) is 15.3 Å². The van der Waals surface area contributed by atoms with Crippen LogP contribution in [0.2, 0.25) is 0 Å². The van der Waals surface area contributed by atoms with E-state index in [1.165, 1.54) is 12.3 Å². The molecule has 0 amide bonds. The van der Waals surface area contributed by atoms with Crippen LogP contribution in [0.5, 0.6) is 0 Å². The first-order chi connectivity index (χ1) is 8.11. The Bertz CT molecular complexity index is 437. The number of aliphatic hydroxyl groups is 3. The van der Waals surface area contributed by atoms with Crippen LogP contribution in [0.15, 0.2) is 17.1 Å². The summed E-state index contributed by atoms with van der Waals surface area (Å²) in [4.78, 5) is 16.8. The van der Waals surface area contributed by atoms with E-state index in [1.54, 1.807) is 0 Å². The van der Waals surface area contributed by atoms with Crippen molar-refractivity contribution < 1.29 is 20.1 Å². The highest BCUT2D eigenvalue weighted by Gasteiger charge is 2.42. The van der Waals surface area contributed by atoms with Gasteiger partial charge in [-0.2, -0.15) is 0 Å². The van der Waals surface area contributed by atoms with Crippen LogP contribution in [0.3, 0.4) is 0 Å². The van der Waals surface area contributed by atoms with Gasteiger partial charge >= 0.3 is 5.69 Å². The minimum absolute atomic E-state index is 0.305. The number of hydrogen-bond acceptors (Lipinski definition) is 7. The quantitative estimate of drug-likeness (QED) is 0.401. The third kappa shape index (κ3) is 2.44. The Kier molecular flexibility index (Phi) is 3.38. The molecule has 1 aliphatic heterocycles. The lowest BCUT2D eigenvalue weighted by Crippen LogP contribution is -2.37. The van der Waals surface area contributed by atoms with E-state index < -0.39 is 36.8 Å². The molecule has 1 aromatic rings. The molecule has 4 atom stereocenters. The number of aliphatic hydroxyl groups excluding tert-OH is 3. The second-order valence-corrected chi connectivity index (χ2v) is 3.69. The summed E-state index contributed by atoms with van der Waals surface area (Å²) in [6.45, 7) is -0.400. The van der Waals surface area contributed by atoms with E-state index in [0.29, 0.717) is 5.82 Å². The Morgan fingerprint density at radius 1 is 1.47 bits per heavy atom. The van der Waals surface area contributed by atoms with E-state index in [0.717, 1.165) is 0 Å². The van der Waals surface area contributed by atoms with E-state index in [-0.39, 0.29) is 0 Å². The molecule has 2 rings (SSSR count). The summed E-state index contributed by atoms with van der Waals surface area (Å²) in [7, 11) is 0. The van der Waals surface area contributed by atoms with Gasteiger partial charge in [0.15, 0.2) is 6.23 Å². The van der Waals surface area contributed by atoms with Gasteiger partial charge in [0.2, 0.25) is 0 Å². The summed E-state index contributed by atoms with van der Waals surface area (Å²) < 4.78 is 5.18. The molecule has 1 aliphatic rings. The Balaban J connectivity index is 2.07. The molecule has 8 nitrogen and oxygen atoms in total. The highest BCUT2D eigenvalue weighted by molar-refractivity contribution is 5.33. The van der Waals surface area contributed by atoms with Crippen molar-refractivity contribution in [3.63, 3.8) is 0 Å². The molecule has 17 heavy (non-hydrogen) atoms. The van der Waals surface area contributed by atoms with Crippen molar-refractivity contribution in [1.82, 2.24) is 9.97 Å². The maximum Gasteiger partial charge on any atom is 0.346 e. The predicted octanol–water partition coefficient (Wildman–Crippen LogP) is -2.38. The van der Waals surface area contributed by atoms with Gasteiger partial charge in [-0.15, -0.1) is 0 Å². The topological polar surface area (TPSA) is 128 Å². The smallest absolute Gasteiger partial charge is 0.346 e. The minimum Gasteiger partial charge on any atom is -0.394 e. The van der Waals surface area contributed by atoms with Gasteiger partial charge in [-0.25, -0.2) is 9.78 Å². The van der Waals surface area contributed by atoms with Crippen LogP contribution in [0.1, 0.15) is 0 Å². The number of anilines is 1. The lowest BCUT2D eigenvalue weighted by molar-refractivity contribution is -0.0154. The van der Waals surface area contributed by atoms with E-state index >= 15 is 0 Å². The van der Waals surface area contributed by atoms with Gasteiger partial charge in [0.1, 0.15) is 24.1 Å². The normalized spacial score (nSPS) is 32.6. The summed E-state index contributed by atoms with van der Waals surface area (Å²) >= 11 is 0. The minimum atomic E-state index is -1.19. The van der Waals surface area contributed by atoms with Crippen LogP contribution < -0.4 is 11.0 Å². The zero-order chi connectivity index (χ0) is 12.4. The largest absolute Gasteiger partial charge is 0.394 e. The van der Waals surface area contributed by atoms with Gasteiger partial charge in [0, 0.05) is 6.20 Å². The zero-order valence-corrected chi connectivity index (χ0v) is 8.78. The van der Waals surface area contributed by atoms with Gasteiger partial charge in [-0.1, -0.05) is 0 Å². The fourth-order valence-corrected chi connectivity index (χ4v) is 1.62. The first-order valence-corrected chi connectivity index (χ1v) is 5.06. The maximum atomic E-state index is 10.9. The van der Waals surface area contributed by atoms with Crippen molar-refractivity contribution in [2.24, 2.45) is 0 Å². The molecular formula is C9H13N3O5. The Morgan fingerprint density at radius 2 is 2.24 bits per heavy atom. The first kappa shape index (κ1) is 12.0. The number of hydrogen-bond donors (Lipinski definition) is 5. The van der Waals surface area contributed by atoms with Gasteiger partial charge in [0.25, 0.3) is 0 Å². The van der Waals surface area contributed by atoms with Crippen molar-refractivity contribution in [3.8, 4) is 0 Å². The maximum absolute atomic E-state index is 10.9. The lowest BCUT2D eigenvalue weighted by Gasteiger charge is -2.16. The predicted molar refractivity (Wildman–Crippen MR) is 56.2 cm³/mol. The lowest BCUT2D eigenvalue weighted by atomic mass is 10.1. The highest BCUT2D eigenvalue weighted by atomic mass is 16.6. The average molecular weight is 243 g/mol. The molecule has 0 bridgehead atoms. The van der Waals surface area contributed by atoms with Crippen LogP contribution >= 0.6 is 0 Å². The summed E-state index contributed by atoms with van der Waals surface area (Å²) in [6.07, 6.45) is -2.83. The molecule has 1 aromatic heterocycles. The first-order valence-electron chi connectivity index (χ1n) is 5.06.